The topological polar surface area (TPSA) is 81.1 Å². The Morgan fingerprint density at radius 3 is 2.44 bits per heavy atom. The van der Waals surface area contributed by atoms with E-state index in [0.29, 0.717) is 12.1 Å². The van der Waals surface area contributed by atoms with Crippen LogP contribution in [0.2, 0.25) is 0 Å². The molecule has 2 heterocycles. The molecule has 1 aromatic heterocycles. The Morgan fingerprint density at radius 1 is 1.19 bits per heavy atom. The van der Waals surface area contributed by atoms with E-state index in [2.05, 4.69) is 16.5 Å². The van der Waals surface area contributed by atoms with Crippen LogP contribution in [0.1, 0.15) is 54.8 Å². The minimum absolute atomic E-state index is 0.0624. The van der Waals surface area contributed by atoms with E-state index >= 15 is 0 Å². The summed E-state index contributed by atoms with van der Waals surface area (Å²) in [6.45, 7) is 9.82. The fourth-order valence-electron chi connectivity index (χ4n) is 3.27. The van der Waals surface area contributed by atoms with Crippen LogP contribution in [0.3, 0.4) is 0 Å². The minimum Gasteiger partial charge on any atom is -0.346 e. The van der Waals surface area contributed by atoms with E-state index in [-0.39, 0.29) is 29.0 Å². The number of hydrogen-bond donors (Lipinski definition) is 1. The van der Waals surface area contributed by atoms with Crippen LogP contribution in [0.5, 0.6) is 0 Å². The van der Waals surface area contributed by atoms with Gasteiger partial charge < -0.3 is 5.32 Å². The van der Waals surface area contributed by atoms with Gasteiger partial charge in [-0.2, -0.15) is 5.10 Å². The second kappa shape index (κ2) is 6.78. The van der Waals surface area contributed by atoms with Crippen LogP contribution in [0.15, 0.2) is 24.3 Å². The summed E-state index contributed by atoms with van der Waals surface area (Å²) >= 11 is 0. The van der Waals surface area contributed by atoms with Crippen LogP contribution in [-0.2, 0) is 9.84 Å². The zero-order valence-electron chi connectivity index (χ0n) is 16.5. The molecule has 3 rings (SSSR count). The number of aromatic nitrogens is 2. The lowest BCUT2D eigenvalue weighted by Gasteiger charge is -2.19. The van der Waals surface area contributed by atoms with Gasteiger partial charge in [-0.25, -0.2) is 8.42 Å². The largest absolute Gasteiger partial charge is 0.346 e. The van der Waals surface area contributed by atoms with Crippen molar-refractivity contribution < 1.29 is 13.2 Å². The third kappa shape index (κ3) is 4.40. The van der Waals surface area contributed by atoms with Gasteiger partial charge in [0.2, 0.25) is 0 Å². The summed E-state index contributed by atoms with van der Waals surface area (Å²) in [6, 6.07) is 7.59. The first-order valence-electron chi connectivity index (χ1n) is 9.15. The van der Waals surface area contributed by atoms with Crippen molar-refractivity contribution in [3.05, 3.63) is 41.1 Å². The highest BCUT2D eigenvalue weighted by Gasteiger charge is 2.32. The highest BCUT2D eigenvalue weighted by molar-refractivity contribution is 7.91. The van der Waals surface area contributed by atoms with E-state index in [1.165, 1.54) is 5.56 Å². The Balaban J connectivity index is 2.06. The van der Waals surface area contributed by atoms with Crippen LogP contribution >= 0.6 is 0 Å². The molecule has 1 amide bonds. The number of aryl methyl sites for hydroxylation is 2. The van der Waals surface area contributed by atoms with Crippen LogP contribution in [0, 0.1) is 13.8 Å². The molecule has 1 N–H and O–H groups in total. The molecule has 6 nitrogen and oxygen atoms in total. The standard InChI is InChI=1S/C20H27N3O3S/c1-13-6-7-15(10-14(13)2)18-11-17(19(24)21-20(3,4)5)22-23(18)16-8-9-27(25,26)12-16/h6-7,10-11,16H,8-9,12H2,1-5H3,(H,21,24)/t16-/m0/s1. The molecule has 1 fully saturated rings. The summed E-state index contributed by atoms with van der Waals surface area (Å²) in [6.07, 6.45) is 0.516. The van der Waals surface area contributed by atoms with Gasteiger partial charge in [0.15, 0.2) is 15.5 Å². The minimum atomic E-state index is -3.06. The van der Waals surface area contributed by atoms with E-state index in [9.17, 15) is 13.2 Å². The Hall–Kier alpha value is -2.15. The van der Waals surface area contributed by atoms with Gasteiger partial charge in [0.05, 0.1) is 23.2 Å². The molecule has 1 saturated heterocycles. The number of carbonyl (C=O) groups is 1. The zero-order chi connectivity index (χ0) is 20.0. The van der Waals surface area contributed by atoms with E-state index in [4.69, 9.17) is 0 Å². The molecule has 0 bridgehead atoms. The molecule has 0 radical (unpaired) electrons. The predicted molar refractivity (Wildman–Crippen MR) is 107 cm³/mol. The summed E-state index contributed by atoms with van der Waals surface area (Å²) in [4.78, 5) is 12.6. The predicted octanol–water partition coefficient (Wildman–Crippen LogP) is 3.05. The average Bonchev–Trinajstić information content (AvgIpc) is 3.12. The highest BCUT2D eigenvalue weighted by Crippen LogP contribution is 2.31. The van der Waals surface area contributed by atoms with Gasteiger partial charge in [0, 0.05) is 11.1 Å². The quantitative estimate of drug-likeness (QED) is 0.875. The van der Waals surface area contributed by atoms with Gasteiger partial charge in [-0.15, -0.1) is 0 Å². The van der Waals surface area contributed by atoms with Gasteiger partial charge in [0.1, 0.15) is 0 Å². The van der Waals surface area contributed by atoms with Crippen molar-refractivity contribution in [3.63, 3.8) is 0 Å². The van der Waals surface area contributed by atoms with Gasteiger partial charge in [-0.1, -0.05) is 12.1 Å². The lowest BCUT2D eigenvalue weighted by Crippen LogP contribution is -2.40. The number of nitrogens with one attached hydrogen (secondary N) is 1. The van der Waals surface area contributed by atoms with Crippen LogP contribution in [0.4, 0.5) is 0 Å². The number of carbonyl (C=O) groups excluding carboxylic acids is 1. The molecule has 1 atom stereocenters. The third-order valence-electron chi connectivity index (χ3n) is 4.81. The maximum Gasteiger partial charge on any atom is 0.272 e. The molecular formula is C20H27N3O3S. The highest BCUT2D eigenvalue weighted by atomic mass is 32.2. The number of sulfone groups is 1. The summed E-state index contributed by atoms with van der Waals surface area (Å²) < 4.78 is 25.7. The van der Waals surface area contributed by atoms with E-state index in [1.54, 1.807) is 10.7 Å². The first-order valence-corrected chi connectivity index (χ1v) is 11.0. The van der Waals surface area contributed by atoms with Gasteiger partial charge in [-0.3, -0.25) is 9.48 Å². The maximum atomic E-state index is 12.6. The molecule has 0 spiro atoms. The van der Waals surface area contributed by atoms with Gasteiger partial charge in [-0.05, 0) is 64.3 Å². The maximum absolute atomic E-state index is 12.6. The Bertz CT molecular complexity index is 984. The Kier molecular flexibility index (Phi) is 4.93. The number of rotatable bonds is 3. The van der Waals surface area contributed by atoms with E-state index < -0.39 is 9.84 Å². The molecule has 1 aliphatic heterocycles. The van der Waals surface area contributed by atoms with Gasteiger partial charge >= 0.3 is 0 Å². The second-order valence-corrected chi connectivity index (χ2v) is 10.6. The lowest BCUT2D eigenvalue weighted by atomic mass is 10.0. The fraction of sp³-hybridized carbons (Fsp3) is 0.500. The fourth-order valence-corrected chi connectivity index (χ4v) is 4.96. The van der Waals surface area contributed by atoms with Crippen molar-refractivity contribution in [1.82, 2.24) is 15.1 Å². The molecule has 27 heavy (non-hydrogen) atoms. The third-order valence-corrected chi connectivity index (χ3v) is 6.56. The molecule has 2 aromatic rings. The molecule has 0 aliphatic carbocycles. The van der Waals surface area contributed by atoms with Crippen LogP contribution in [-0.4, -0.2) is 41.2 Å². The molecule has 7 heteroatoms. The molecule has 1 aliphatic rings. The molecular weight excluding hydrogens is 362 g/mol. The molecule has 146 valence electrons. The molecule has 1 aromatic carbocycles. The number of benzene rings is 1. The number of nitrogens with zero attached hydrogens (tertiary/aromatic N) is 2. The first-order chi connectivity index (χ1) is 12.5. The Morgan fingerprint density at radius 2 is 1.89 bits per heavy atom. The second-order valence-electron chi connectivity index (χ2n) is 8.42. The van der Waals surface area contributed by atoms with Crippen molar-refractivity contribution >= 4 is 15.7 Å². The summed E-state index contributed by atoms with van der Waals surface area (Å²) in [5, 5.41) is 7.43. The summed E-state index contributed by atoms with van der Waals surface area (Å²) in [5.74, 6) is -0.0347. The average molecular weight is 390 g/mol. The van der Waals surface area contributed by atoms with E-state index in [1.807, 2.05) is 46.8 Å². The van der Waals surface area contributed by atoms with Crippen molar-refractivity contribution in [1.29, 1.82) is 0 Å². The lowest BCUT2D eigenvalue weighted by molar-refractivity contribution is 0.0913. The molecule has 0 saturated carbocycles. The number of amides is 1. The molecule has 0 unspecified atom stereocenters. The van der Waals surface area contributed by atoms with Crippen molar-refractivity contribution in [2.45, 2.75) is 52.6 Å². The monoisotopic (exact) mass is 389 g/mol. The summed E-state index contributed by atoms with van der Waals surface area (Å²) in [7, 11) is -3.06. The van der Waals surface area contributed by atoms with Crippen molar-refractivity contribution in [3.8, 4) is 11.3 Å². The van der Waals surface area contributed by atoms with Crippen molar-refractivity contribution in [2.24, 2.45) is 0 Å². The van der Waals surface area contributed by atoms with Crippen LogP contribution in [0.25, 0.3) is 11.3 Å². The summed E-state index contributed by atoms with van der Waals surface area (Å²) in [5.41, 5.74) is 3.96. The van der Waals surface area contributed by atoms with Gasteiger partial charge in [0.25, 0.3) is 5.91 Å². The number of hydrogen-bond acceptors (Lipinski definition) is 4. The van der Waals surface area contributed by atoms with Crippen molar-refractivity contribution in [2.75, 3.05) is 11.5 Å². The zero-order valence-corrected chi connectivity index (χ0v) is 17.4. The normalized spacial score (nSPS) is 19.2. The SMILES string of the molecule is Cc1ccc(-c2cc(C(=O)NC(C)(C)C)nn2[C@H]2CCS(=O)(=O)C2)cc1C. The van der Waals surface area contributed by atoms with E-state index in [0.717, 1.165) is 16.8 Å². The first kappa shape index (κ1) is 19.6. The van der Waals surface area contributed by atoms with Crippen LogP contribution < -0.4 is 5.32 Å². The Labute approximate surface area is 160 Å². The smallest absolute Gasteiger partial charge is 0.272 e.